The van der Waals surface area contributed by atoms with Crippen LogP contribution in [0.4, 0.5) is 14.5 Å². The van der Waals surface area contributed by atoms with Crippen molar-refractivity contribution in [1.29, 1.82) is 0 Å². The molecule has 1 amide bonds. The standard InChI is InChI=1S/C13H10F2N2O2/c1-19-13-9(3-2-6-16-13)12(18)17-8-4-5-10(14)11(15)7-8/h2-7H,1H3,(H,17,18). The number of anilines is 1. The summed E-state index contributed by atoms with van der Waals surface area (Å²) in [6.45, 7) is 0. The number of hydrogen-bond donors (Lipinski definition) is 1. The first-order valence-corrected chi connectivity index (χ1v) is 5.37. The number of amides is 1. The predicted molar refractivity (Wildman–Crippen MR) is 65.1 cm³/mol. The Labute approximate surface area is 108 Å². The van der Waals surface area contributed by atoms with E-state index >= 15 is 0 Å². The molecule has 0 saturated carbocycles. The van der Waals surface area contributed by atoms with E-state index in [-0.39, 0.29) is 17.1 Å². The summed E-state index contributed by atoms with van der Waals surface area (Å²) >= 11 is 0. The van der Waals surface area contributed by atoms with E-state index in [1.807, 2.05) is 0 Å². The molecule has 6 heteroatoms. The van der Waals surface area contributed by atoms with Crippen LogP contribution < -0.4 is 10.1 Å². The predicted octanol–water partition coefficient (Wildman–Crippen LogP) is 2.62. The van der Waals surface area contributed by atoms with Crippen LogP contribution in [0.1, 0.15) is 10.4 Å². The number of hydrogen-bond acceptors (Lipinski definition) is 3. The van der Waals surface area contributed by atoms with E-state index in [1.54, 1.807) is 6.07 Å². The lowest BCUT2D eigenvalue weighted by Gasteiger charge is -2.08. The van der Waals surface area contributed by atoms with Gasteiger partial charge < -0.3 is 10.1 Å². The second-order valence-electron chi connectivity index (χ2n) is 3.64. The highest BCUT2D eigenvalue weighted by molar-refractivity contribution is 6.05. The van der Waals surface area contributed by atoms with Crippen molar-refractivity contribution in [2.45, 2.75) is 0 Å². The number of aromatic nitrogens is 1. The number of nitrogens with one attached hydrogen (secondary N) is 1. The van der Waals surface area contributed by atoms with Gasteiger partial charge in [0.05, 0.1) is 7.11 Å². The minimum Gasteiger partial charge on any atom is -0.480 e. The van der Waals surface area contributed by atoms with E-state index in [0.29, 0.717) is 0 Å². The first-order valence-electron chi connectivity index (χ1n) is 5.37. The molecule has 1 aromatic carbocycles. The van der Waals surface area contributed by atoms with Gasteiger partial charge in [-0.25, -0.2) is 13.8 Å². The Bertz CT molecular complexity index is 617. The van der Waals surface area contributed by atoms with Crippen molar-refractivity contribution in [2.24, 2.45) is 0 Å². The molecule has 1 heterocycles. The van der Waals surface area contributed by atoms with Crippen molar-refractivity contribution in [3.63, 3.8) is 0 Å². The fourth-order valence-electron chi connectivity index (χ4n) is 1.50. The quantitative estimate of drug-likeness (QED) is 0.927. The minimum absolute atomic E-state index is 0.148. The molecular formula is C13H10F2N2O2. The van der Waals surface area contributed by atoms with Crippen molar-refractivity contribution < 1.29 is 18.3 Å². The van der Waals surface area contributed by atoms with E-state index in [9.17, 15) is 13.6 Å². The minimum atomic E-state index is -1.03. The van der Waals surface area contributed by atoms with Crippen molar-refractivity contribution in [3.05, 3.63) is 53.7 Å². The second-order valence-corrected chi connectivity index (χ2v) is 3.64. The van der Waals surface area contributed by atoms with Gasteiger partial charge in [-0.1, -0.05) is 0 Å². The van der Waals surface area contributed by atoms with Gasteiger partial charge in [0.25, 0.3) is 5.91 Å². The van der Waals surface area contributed by atoms with Crippen LogP contribution in [0.2, 0.25) is 0 Å². The summed E-state index contributed by atoms with van der Waals surface area (Å²) in [5.41, 5.74) is 0.351. The number of ether oxygens (including phenoxy) is 1. The van der Waals surface area contributed by atoms with E-state index in [0.717, 1.165) is 12.1 Å². The molecular weight excluding hydrogens is 254 g/mol. The molecule has 0 bridgehead atoms. The number of benzene rings is 1. The maximum absolute atomic E-state index is 13.0. The average Bonchev–Trinajstić information content (AvgIpc) is 2.43. The molecule has 19 heavy (non-hydrogen) atoms. The number of halogens is 2. The van der Waals surface area contributed by atoms with Gasteiger partial charge in [-0.3, -0.25) is 4.79 Å². The van der Waals surface area contributed by atoms with Gasteiger partial charge in [0.2, 0.25) is 5.88 Å². The van der Waals surface area contributed by atoms with E-state index in [2.05, 4.69) is 10.3 Å². The number of nitrogens with zero attached hydrogens (tertiary/aromatic N) is 1. The first kappa shape index (κ1) is 12.9. The van der Waals surface area contributed by atoms with Gasteiger partial charge in [0, 0.05) is 18.0 Å². The lowest BCUT2D eigenvalue weighted by Crippen LogP contribution is -2.14. The second kappa shape index (κ2) is 5.43. The Hall–Kier alpha value is -2.50. The Morgan fingerprint density at radius 1 is 1.26 bits per heavy atom. The molecule has 0 aliphatic heterocycles. The molecule has 1 aromatic heterocycles. The number of pyridine rings is 1. The Morgan fingerprint density at radius 3 is 2.74 bits per heavy atom. The zero-order valence-electron chi connectivity index (χ0n) is 9.98. The zero-order valence-corrected chi connectivity index (χ0v) is 9.98. The van der Waals surface area contributed by atoms with Crippen LogP contribution in [-0.4, -0.2) is 18.0 Å². The van der Waals surface area contributed by atoms with Gasteiger partial charge in [-0.15, -0.1) is 0 Å². The largest absolute Gasteiger partial charge is 0.480 e. The average molecular weight is 264 g/mol. The Kier molecular flexibility index (Phi) is 3.70. The summed E-state index contributed by atoms with van der Waals surface area (Å²) in [5.74, 6) is -2.37. The third kappa shape index (κ3) is 2.85. The van der Waals surface area contributed by atoms with Gasteiger partial charge in [-0.05, 0) is 24.3 Å². The monoisotopic (exact) mass is 264 g/mol. The van der Waals surface area contributed by atoms with Crippen molar-refractivity contribution >= 4 is 11.6 Å². The van der Waals surface area contributed by atoms with Crippen LogP contribution in [0.3, 0.4) is 0 Å². The summed E-state index contributed by atoms with van der Waals surface area (Å²) in [6.07, 6.45) is 1.48. The van der Waals surface area contributed by atoms with E-state index < -0.39 is 17.5 Å². The third-order valence-corrected chi connectivity index (χ3v) is 2.39. The highest BCUT2D eigenvalue weighted by Crippen LogP contribution is 2.18. The molecule has 0 fully saturated rings. The van der Waals surface area contributed by atoms with Crippen molar-refractivity contribution in [1.82, 2.24) is 4.98 Å². The Morgan fingerprint density at radius 2 is 2.05 bits per heavy atom. The molecule has 0 aliphatic carbocycles. The fraction of sp³-hybridized carbons (Fsp3) is 0.0769. The van der Waals surface area contributed by atoms with Gasteiger partial charge in [0.15, 0.2) is 11.6 Å². The molecule has 0 unspecified atom stereocenters. The van der Waals surface area contributed by atoms with Gasteiger partial charge >= 0.3 is 0 Å². The summed E-state index contributed by atoms with van der Waals surface area (Å²) in [6, 6.07) is 6.18. The normalized spacial score (nSPS) is 10.1. The van der Waals surface area contributed by atoms with Crippen LogP contribution in [0.15, 0.2) is 36.5 Å². The molecule has 4 nitrogen and oxygen atoms in total. The van der Waals surface area contributed by atoms with Crippen LogP contribution in [-0.2, 0) is 0 Å². The summed E-state index contributed by atoms with van der Waals surface area (Å²) < 4.78 is 30.7. The number of carbonyl (C=O) groups excluding carboxylic acids is 1. The smallest absolute Gasteiger partial charge is 0.261 e. The molecule has 0 saturated heterocycles. The molecule has 0 atom stereocenters. The highest BCUT2D eigenvalue weighted by atomic mass is 19.2. The molecule has 0 aliphatic rings. The topological polar surface area (TPSA) is 51.2 Å². The van der Waals surface area contributed by atoms with E-state index in [1.165, 1.54) is 25.4 Å². The molecule has 98 valence electrons. The maximum Gasteiger partial charge on any atom is 0.261 e. The Balaban J connectivity index is 2.23. The molecule has 1 N–H and O–H groups in total. The number of rotatable bonds is 3. The van der Waals surface area contributed by atoms with Crippen molar-refractivity contribution in [3.8, 4) is 5.88 Å². The lowest BCUT2D eigenvalue weighted by molar-refractivity contribution is 0.102. The maximum atomic E-state index is 13.0. The van der Waals surface area contributed by atoms with E-state index in [4.69, 9.17) is 4.74 Å². The van der Waals surface area contributed by atoms with Crippen LogP contribution in [0, 0.1) is 11.6 Å². The molecule has 0 spiro atoms. The lowest BCUT2D eigenvalue weighted by atomic mass is 10.2. The molecule has 2 aromatic rings. The number of methoxy groups -OCH3 is 1. The van der Waals surface area contributed by atoms with Gasteiger partial charge in [0.1, 0.15) is 5.56 Å². The van der Waals surface area contributed by atoms with Gasteiger partial charge in [-0.2, -0.15) is 0 Å². The summed E-state index contributed by atoms with van der Waals surface area (Å²) in [4.78, 5) is 15.8. The summed E-state index contributed by atoms with van der Waals surface area (Å²) in [7, 11) is 1.39. The highest BCUT2D eigenvalue weighted by Gasteiger charge is 2.13. The molecule has 0 radical (unpaired) electrons. The van der Waals surface area contributed by atoms with Crippen molar-refractivity contribution in [2.75, 3.05) is 12.4 Å². The fourth-order valence-corrected chi connectivity index (χ4v) is 1.50. The SMILES string of the molecule is COc1ncccc1C(=O)Nc1ccc(F)c(F)c1. The van der Waals surface area contributed by atoms with Crippen LogP contribution in [0.25, 0.3) is 0 Å². The third-order valence-electron chi connectivity index (χ3n) is 2.39. The number of carbonyl (C=O) groups is 1. The summed E-state index contributed by atoms with van der Waals surface area (Å²) in [5, 5.41) is 2.44. The van der Waals surface area contributed by atoms with Crippen LogP contribution in [0.5, 0.6) is 5.88 Å². The zero-order chi connectivity index (χ0) is 13.8. The molecule has 2 rings (SSSR count). The first-order chi connectivity index (χ1) is 9.11. The van der Waals surface area contributed by atoms with Crippen LogP contribution >= 0.6 is 0 Å².